The molecule has 0 spiro atoms. The van der Waals surface area contributed by atoms with Crippen molar-refractivity contribution in [1.82, 2.24) is 0 Å². The molecule has 3 rings (SSSR count). The van der Waals surface area contributed by atoms with E-state index < -0.39 is 0 Å². The zero-order chi connectivity index (χ0) is 17.8. The van der Waals surface area contributed by atoms with Gasteiger partial charge in [0.25, 0.3) is 0 Å². The van der Waals surface area contributed by atoms with Crippen molar-refractivity contribution in [3.05, 3.63) is 57.5 Å². The third kappa shape index (κ3) is 4.22. The molecule has 130 valence electrons. The van der Waals surface area contributed by atoms with Crippen LogP contribution in [0, 0.1) is 5.92 Å². The summed E-state index contributed by atoms with van der Waals surface area (Å²) in [6, 6.07) is 13.0. The molecule has 0 saturated carbocycles. The summed E-state index contributed by atoms with van der Waals surface area (Å²) < 4.78 is 0.706. The molecule has 2 aromatic carbocycles. The van der Waals surface area contributed by atoms with Crippen LogP contribution in [-0.4, -0.2) is 25.3 Å². The quantitative estimate of drug-likeness (QED) is 0.723. The molecule has 0 bridgehead atoms. The van der Waals surface area contributed by atoms with E-state index in [0.717, 1.165) is 37.9 Å². The van der Waals surface area contributed by atoms with E-state index in [-0.39, 0.29) is 11.8 Å². The SMILES string of the molecule is O=Cc1ccc(N2CCC(C(=O)Nc3cccc(Cl)c3Br)CC2)cc1. The second-order valence-corrected chi connectivity index (χ2v) is 7.26. The summed E-state index contributed by atoms with van der Waals surface area (Å²) in [7, 11) is 0. The van der Waals surface area contributed by atoms with Gasteiger partial charge in [-0.25, -0.2) is 0 Å². The Morgan fingerprint density at radius 1 is 1.16 bits per heavy atom. The monoisotopic (exact) mass is 420 g/mol. The van der Waals surface area contributed by atoms with E-state index in [1.54, 1.807) is 6.07 Å². The van der Waals surface area contributed by atoms with Gasteiger partial charge in [-0.15, -0.1) is 0 Å². The molecule has 1 amide bonds. The second kappa shape index (κ2) is 8.02. The number of hydrogen-bond acceptors (Lipinski definition) is 3. The Hall–Kier alpha value is -1.85. The number of rotatable bonds is 4. The number of benzene rings is 2. The van der Waals surface area contributed by atoms with E-state index in [1.807, 2.05) is 36.4 Å². The third-order valence-electron chi connectivity index (χ3n) is 4.47. The summed E-state index contributed by atoms with van der Waals surface area (Å²) in [5.74, 6) is 0.00954. The minimum Gasteiger partial charge on any atom is -0.371 e. The molecule has 25 heavy (non-hydrogen) atoms. The molecule has 6 heteroatoms. The Morgan fingerprint density at radius 2 is 1.84 bits per heavy atom. The van der Waals surface area contributed by atoms with Crippen LogP contribution in [0.5, 0.6) is 0 Å². The normalized spacial score (nSPS) is 15.0. The minimum atomic E-state index is -0.0172. The van der Waals surface area contributed by atoms with Crippen LogP contribution in [0.4, 0.5) is 11.4 Å². The molecule has 0 aromatic heterocycles. The van der Waals surface area contributed by atoms with E-state index in [1.165, 1.54) is 0 Å². The molecule has 1 heterocycles. The molecule has 0 atom stereocenters. The molecule has 1 N–H and O–H groups in total. The van der Waals surface area contributed by atoms with Crippen molar-refractivity contribution in [3.63, 3.8) is 0 Å². The van der Waals surface area contributed by atoms with Gasteiger partial charge in [0.2, 0.25) is 5.91 Å². The molecule has 1 aliphatic rings. The highest BCUT2D eigenvalue weighted by Gasteiger charge is 2.25. The van der Waals surface area contributed by atoms with Gasteiger partial charge in [0.1, 0.15) is 6.29 Å². The highest BCUT2D eigenvalue weighted by atomic mass is 79.9. The lowest BCUT2D eigenvalue weighted by molar-refractivity contribution is -0.120. The topological polar surface area (TPSA) is 49.4 Å². The van der Waals surface area contributed by atoms with Gasteiger partial charge in [-0.3, -0.25) is 9.59 Å². The van der Waals surface area contributed by atoms with Gasteiger partial charge in [-0.2, -0.15) is 0 Å². The predicted octanol–water partition coefficient (Wildman–Crippen LogP) is 4.77. The van der Waals surface area contributed by atoms with Crippen LogP contribution in [-0.2, 0) is 4.79 Å². The lowest BCUT2D eigenvalue weighted by Crippen LogP contribution is -2.38. The number of amides is 1. The third-order valence-corrected chi connectivity index (χ3v) is 5.87. The van der Waals surface area contributed by atoms with Crippen molar-refractivity contribution in [2.75, 3.05) is 23.3 Å². The number of halogens is 2. The Balaban J connectivity index is 1.58. The van der Waals surface area contributed by atoms with Crippen molar-refractivity contribution in [1.29, 1.82) is 0 Å². The lowest BCUT2D eigenvalue weighted by Gasteiger charge is -2.33. The van der Waals surface area contributed by atoms with E-state index in [2.05, 4.69) is 26.1 Å². The van der Waals surface area contributed by atoms with Gasteiger partial charge in [0, 0.05) is 30.3 Å². The van der Waals surface area contributed by atoms with Crippen molar-refractivity contribution in [3.8, 4) is 0 Å². The van der Waals surface area contributed by atoms with Crippen LogP contribution < -0.4 is 10.2 Å². The first-order valence-electron chi connectivity index (χ1n) is 8.13. The van der Waals surface area contributed by atoms with Gasteiger partial charge in [-0.05, 0) is 65.2 Å². The maximum Gasteiger partial charge on any atom is 0.227 e. The number of anilines is 2. The fourth-order valence-corrected chi connectivity index (χ4v) is 3.54. The minimum absolute atomic E-state index is 0.0172. The molecular formula is C19H18BrClN2O2. The van der Waals surface area contributed by atoms with Gasteiger partial charge in [0.15, 0.2) is 0 Å². The maximum atomic E-state index is 12.5. The molecule has 2 aromatic rings. The van der Waals surface area contributed by atoms with Crippen LogP contribution >= 0.6 is 27.5 Å². The van der Waals surface area contributed by atoms with E-state index >= 15 is 0 Å². The Labute approximate surface area is 160 Å². The average Bonchev–Trinajstić information content (AvgIpc) is 2.65. The molecule has 1 saturated heterocycles. The van der Waals surface area contributed by atoms with E-state index in [4.69, 9.17) is 11.6 Å². The fraction of sp³-hybridized carbons (Fsp3) is 0.263. The predicted molar refractivity (Wildman–Crippen MR) is 105 cm³/mol. The largest absolute Gasteiger partial charge is 0.371 e. The number of nitrogens with zero attached hydrogens (tertiary/aromatic N) is 1. The zero-order valence-corrected chi connectivity index (χ0v) is 15.9. The van der Waals surface area contributed by atoms with Crippen molar-refractivity contribution < 1.29 is 9.59 Å². The van der Waals surface area contributed by atoms with Gasteiger partial charge < -0.3 is 10.2 Å². The molecule has 4 nitrogen and oxygen atoms in total. The highest BCUT2D eigenvalue weighted by Crippen LogP contribution is 2.31. The Bertz CT molecular complexity index is 771. The fourth-order valence-electron chi connectivity index (χ4n) is 3.00. The zero-order valence-electron chi connectivity index (χ0n) is 13.5. The first-order valence-corrected chi connectivity index (χ1v) is 9.30. The summed E-state index contributed by atoms with van der Waals surface area (Å²) in [6.45, 7) is 1.63. The number of carbonyl (C=O) groups is 2. The van der Waals surface area contributed by atoms with Crippen LogP contribution in [0.25, 0.3) is 0 Å². The van der Waals surface area contributed by atoms with Crippen LogP contribution in [0.2, 0.25) is 5.02 Å². The maximum absolute atomic E-state index is 12.5. The van der Waals surface area contributed by atoms with Gasteiger partial charge in [0.05, 0.1) is 15.2 Å². The number of nitrogens with one attached hydrogen (secondary N) is 1. The van der Waals surface area contributed by atoms with Gasteiger partial charge in [-0.1, -0.05) is 17.7 Å². The van der Waals surface area contributed by atoms with E-state index in [9.17, 15) is 9.59 Å². The van der Waals surface area contributed by atoms with Gasteiger partial charge >= 0.3 is 0 Å². The number of hydrogen-bond donors (Lipinski definition) is 1. The smallest absolute Gasteiger partial charge is 0.227 e. The average molecular weight is 422 g/mol. The second-order valence-electron chi connectivity index (χ2n) is 6.06. The molecular weight excluding hydrogens is 404 g/mol. The Kier molecular flexibility index (Phi) is 5.76. The molecule has 0 aliphatic carbocycles. The standard InChI is InChI=1S/C19H18BrClN2O2/c20-18-16(21)2-1-3-17(18)22-19(25)14-8-10-23(11-9-14)15-6-4-13(12-24)5-7-15/h1-7,12,14H,8-11H2,(H,22,25). The van der Waals surface area contributed by atoms with Crippen molar-refractivity contribution in [2.24, 2.45) is 5.92 Å². The van der Waals surface area contributed by atoms with Crippen LogP contribution in [0.15, 0.2) is 46.9 Å². The highest BCUT2D eigenvalue weighted by molar-refractivity contribution is 9.10. The van der Waals surface area contributed by atoms with Crippen molar-refractivity contribution >= 4 is 51.1 Å². The molecule has 1 aliphatic heterocycles. The molecule has 0 unspecified atom stereocenters. The number of piperidine rings is 1. The molecule has 0 radical (unpaired) electrons. The van der Waals surface area contributed by atoms with Crippen molar-refractivity contribution in [2.45, 2.75) is 12.8 Å². The summed E-state index contributed by atoms with van der Waals surface area (Å²) in [6.07, 6.45) is 2.42. The summed E-state index contributed by atoms with van der Waals surface area (Å²) in [5, 5.41) is 3.54. The lowest BCUT2D eigenvalue weighted by atomic mass is 9.95. The first kappa shape index (κ1) is 18.0. The number of aldehydes is 1. The number of carbonyl (C=O) groups excluding carboxylic acids is 2. The summed E-state index contributed by atoms with van der Waals surface area (Å²) in [5.41, 5.74) is 2.46. The summed E-state index contributed by atoms with van der Waals surface area (Å²) >= 11 is 9.47. The van der Waals surface area contributed by atoms with Crippen LogP contribution in [0.3, 0.4) is 0 Å². The van der Waals surface area contributed by atoms with Crippen LogP contribution in [0.1, 0.15) is 23.2 Å². The Morgan fingerprint density at radius 3 is 2.48 bits per heavy atom. The summed E-state index contributed by atoms with van der Waals surface area (Å²) in [4.78, 5) is 25.5. The molecule has 1 fully saturated rings. The van der Waals surface area contributed by atoms with E-state index in [0.29, 0.717) is 20.7 Å². The first-order chi connectivity index (χ1) is 12.1.